The molecule has 80 valence electrons. The van der Waals surface area contributed by atoms with E-state index in [1.165, 1.54) is 11.6 Å². The molecule has 0 saturated heterocycles. The van der Waals surface area contributed by atoms with Gasteiger partial charge >= 0.3 is 0 Å². The minimum Gasteiger partial charge on any atom is -0.395 e. The van der Waals surface area contributed by atoms with E-state index in [1.54, 1.807) is 6.08 Å². The largest absolute Gasteiger partial charge is 0.395 e. The highest BCUT2D eigenvalue weighted by atomic mass is 16.3. The quantitative estimate of drug-likeness (QED) is 0.724. The molecule has 0 aliphatic rings. The van der Waals surface area contributed by atoms with Crippen LogP contribution in [-0.4, -0.2) is 24.2 Å². The summed E-state index contributed by atoms with van der Waals surface area (Å²) in [6, 6.07) is 7.88. The number of carbonyl (C=O) groups is 1. The predicted octanol–water partition coefficient (Wildman–Crippen LogP) is 1.12. The molecule has 0 atom stereocenters. The van der Waals surface area contributed by atoms with Gasteiger partial charge in [0.05, 0.1) is 6.61 Å². The molecule has 0 aliphatic carbocycles. The molecule has 0 bridgehead atoms. The van der Waals surface area contributed by atoms with Gasteiger partial charge in [0.25, 0.3) is 0 Å². The van der Waals surface area contributed by atoms with Crippen LogP contribution in [-0.2, 0) is 4.79 Å². The van der Waals surface area contributed by atoms with E-state index in [1.807, 2.05) is 31.2 Å². The molecular formula is C12H15NO2. The van der Waals surface area contributed by atoms with Crippen molar-refractivity contribution in [2.75, 3.05) is 13.2 Å². The summed E-state index contributed by atoms with van der Waals surface area (Å²) in [6.45, 7) is 2.27. The Bertz CT molecular complexity index is 341. The van der Waals surface area contributed by atoms with Gasteiger partial charge in [-0.1, -0.05) is 29.8 Å². The summed E-state index contributed by atoms with van der Waals surface area (Å²) in [5, 5.41) is 11.0. The van der Waals surface area contributed by atoms with Gasteiger partial charge in [-0.25, -0.2) is 0 Å². The van der Waals surface area contributed by atoms with Crippen molar-refractivity contribution in [1.29, 1.82) is 0 Å². The van der Waals surface area contributed by atoms with Crippen molar-refractivity contribution in [2.24, 2.45) is 0 Å². The normalized spacial score (nSPS) is 10.5. The maximum atomic E-state index is 11.1. The smallest absolute Gasteiger partial charge is 0.244 e. The average Bonchev–Trinajstić information content (AvgIpc) is 2.25. The summed E-state index contributed by atoms with van der Waals surface area (Å²) in [4.78, 5) is 11.1. The fraction of sp³-hybridized carbons (Fsp3) is 0.250. The van der Waals surface area contributed by atoms with Crippen LogP contribution in [0.4, 0.5) is 0 Å². The summed E-state index contributed by atoms with van der Waals surface area (Å²) < 4.78 is 0. The number of carbonyl (C=O) groups excluding carboxylic acids is 1. The third kappa shape index (κ3) is 4.42. The molecule has 0 heterocycles. The predicted molar refractivity (Wildman–Crippen MR) is 60.3 cm³/mol. The third-order valence-electron chi connectivity index (χ3n) is 1.92. The maximum absolute atomic E-state index is 11.1. The molecule has 3 heteroatoms. The highest BCUT2D eigenvalue weighted by Crippen LogP contribution is 2.04. The molecule has 0 aromatic heterocycles. The molecule has 1 rings (SSSR count). The second-order valence-electron chi connectivity index (χ2n) is 3.26. The Kier molecular flexibility index (Phi) is 4.57. The lowest BCUT2D eigenvalue weighted by atomic mass is 10.1. The standard InChI is InChI=1S/C12H15NO2/c1-10-2-4-11(5-3-10)6-7-12(15)13-8-9-14/h2-7,14H,8-9H2,1H3,(H,13,15)/b7-6+. The lowest BCUT2D eigenvalue weighted by Gasteiger charge is -1.97. The first-order valence-corrected chi connectivity index (χ1v) is 4.86. The zero-order valence-electron chi connectivity index (χ0n) is 8.73. The van der Waals surface area contributed by atoms with E-state index in [9.17, 15) is 4.79 Å². The first-order valence-electron chi connectivity index (χ1n) is 4.86. The number of hydrogen-bond acceptors (Lipinski definition) is 2. The van der Waals surface area contributed by atoms with Crippen molar-refractivity contribution < 1.29 is 9.90 Å². The number of aryl methyl sites for hydroxylation is 1. The molecular weight excluding hydrogens is 190 g/mol. The first-order chi connectivity index (χ1) is 7.22. The zero-order chi connectivity index (χ0) is 11.1. The van der Waals surface area contributed by atoms with Crippen molar-refractivity contribution in [3.63, 3.8) is 0 Å². The van der Waals surface area contributed by atoms with Crippen molar-refractivity contribution >= 4 is 12.0 Å². The van der Waals surface area contributed by atoms with Crippen molar-refractivity contribution in [2.45, 2.75) is 6.92 Å². The monoisotopic (exact) mass is 205 g/mol. The van der Waals surface area contributed by atoms with E-state index in [4.69, 9.17) is 5.11 Å². The maximum Gasteiger partial charge on any atom is 0.244 e. The van der Waals surface area contributed by atoms with Gasteiger partial charge in [-0.15, -0.1) is 0 Å². The van der Waals surface area contributed by atoms with Crippen LogP contribution in [0.2, 0.25) is 0 Å². The number of amides is 1. The Balaban J connectivity index is 2.50. The summed E-state index contributed by atoms with van der Waals surface area (Å²) in [5.41, 5.74) is 2.18. The minimum atomic E-state index is -0.190. The van der Waals surface area contributed by atoms with Gasteiger partial charge in [-0.3, -0.25) is 4.79 Å². The molecule has 15 heavy (non-hydrogen) atoms. The van der Waals surface area contributed by atoms with Crippen LogP contribution in [0.3, 0.4) is 0 Å². The van der Waals surface area contributed by atoms with Crippen molar-refractivity contribution in [3.8, 4) is 0 Å². The van der Waals surface area contributed by atoms with Gasteiger partial charge in [-0.05, 0) is 18.6 Å². The van der Waals surface area contributed by atoms with Gasteiger partial charge < -0.3 is 10.4 Å². The first kappa shape index (κ1) is 11.5. The highest BCUT2D eigenvalue weighted by Gasteiger charge is 1.92. The van der Waals surface area contributed by atoms with Gasteiger partial charge in [0.15, 0.2) is 0 Å². The fourth-order valence-electron chi connectivity index (χ4n) is 1.09. The lowest BCUT2D eigenvalue weighted by Crippen LogP contribution is -2.24. The number of nitrogens with one attached hydrogen (secondary N) is 1. The molecule has 3 nitrogen and oxygen atoms in total. The van der Waals surface area contributed by atoms with E-state index >= 15 is 0 Å². The molecule has 0 fully saturated rings. The van der Waals surface area contributed by atoms with E-state index in [0.717, 1.165) is 5.56 Å². The summed E-state index contributed by atoms with van der Waals surface area (Å²) in [7, 11) is 0. The molecule has 0 saturated carbocycles. The number of benzene rings is 1. The van der Waals surface area contributed by atoms with Crippen LogP contribution in [0, 0.1) is 6.92 Å². The Morgan fingerprint density at radius 3 is 2.67 bits per heavy atom. The Labute approximate surface area is 89.4 Å². The number of hydrogen-bond donors (Lipinski definition) is 2. The molecule has 0 spiro atoms. The van der Waals surface area contributed by atoms with Crippen LogP contribution < -0.4 is 5.32 Å². The molecule has 1 aromatic carbocycles. The summed E-state index contributed by atoms with van der Waals surface area (Å²) in [6.07, 6.45) is 3.20. The van der Waals surface area contributed by atoms with Gasteiger partial charge in [0, 0.05) is 12.6 Å². The Hall–Kier alpha value is -1.61. The average molecular weight is 205 g/mol. The third-order valence-corrected chi connectivity index (χ3v) is 1.92. The minimum absolute atomic E-state index is 0.0376. The molecule has 1 aromatic rings. The highest BCUT2D eigenvalue weighted by molar-refractivity contribution is 5.91. The van der Waals surface area contributed by atoms with Crippen LogP contribution in [0.25, 0.3) is 6.08 Å². The molecule has 2 N–H and O–H groups in total. The van der Waals surface area contributed by atoms with Crippen LogP contribution in [0.5, 0.6) is 0 Å². The van der Waals surface area contributed by atoms with Crippen molar-refractivity contribution in [3.05, 3.63) is 41.5 Å². The molecule has 0 aliphatic heterocycles. The molecule has 0 unspecified atom stereocenters. The van der Waals surface area contributed by atoms with Gasteiger partial charge in [-0.2, -0.15) is 0 Å². The second kappa shape index (κ2) is 5.98. The number of aliphatic hydroxyl groups is 1. The van der Waals surface area contributed by atoms with Crippen LogP contribution in [0.1, 0.15) is 11.1 Å². The number of aliphatic hydroxyl groups excluding tert-OH is 1. The Morgan fingerprint density at radius 2 is 2.07 bits per heavy atom. The number of rotatable bonds is 4. The van der Waals surface area contributed by atoms with Crippen LogP contribution >= 0.6 is 0 Å². The van der Waals surface area contributed by atoms with E-state index < -0.39 is 0 Å². The molecule has 0 radical (unpaired) electrons. The second-order valence-corrected chi connectivity index (χ2v) is 3.26. The van der Waals surface area contributed by atoms with Gasteiger partial charge in [0.2, 0.25) is 5.91 Å². The van der Waals surface area contributed by atoms with Crippen molar-refractivity contribution in [1.82, 2.24) is 5.32 Å². The summed E-state index contributed by atoms with van der Waals surface area (Å²) >= 11 is 0. The topological polar surface area (TPSA) is 49.3 Å². The van der Waals surface area contributed by atoms with Crippen LogP contribution in [0.15, 0.2) is 30.3 Å². The fourth-order valence-corrected chi connectivity index (χ4v) is 1.09. The summed E-state index contributed by atoms with van der Waals surface area (Å²) in [5.74, 6) is -0.190. The van der Waals surface area contributed by atoms with E-state index in [-0.39, 0.29) is 19.1 Å². The Morgan fingerprint density at radius 1 is 1.40 bits per heavy atom. The molecule has 1 amide bonds. The zero-order valence-corrected chi connectivity index (χ0v) is 8.73. The van der Waals surface area contributed by atoms with E-state index in [2.05, 4.69) is 5.32 Å². The van der Waals surface area contributed by atoms with Gasteiger partial charge in [0.1, 0.15) is 0 Å². The lowest BCUT2D eigenvalue weighted by molar-refractivity contribution is -0.116. The van der Waals surface area contributed by atoms with E-state index in [0.29, 0.717) is 0 Å². The SMILES string of the molecule is Cc1ccc(/C=C/C(=O)NCCO)cc1.